The Kier molecular flexibility index (Phi) is 32.6. The maximum absolute atomic E-state index is 12.4. The molecule has 0 aromatic carbocycles. The van der Waals surface area contributed by atoms with Gasteiger partial charge in [-0.25, -0.2) is 14.4 Å². The first-order valence-corrected chi connectivity index (χ1v) is 20.8. The second-order valence-corrected chi connectivity index (χ2v) is 13.8. The van der Waals surface area contributed by atoms with E-state index in [1.54, 1.807) is 18.7 Å². The third kappa shape index (κ3) is 32.0. The van der Waals surface area contributed by atoms with Crippen molar-refractivity contribution in [2.45, 2.75) is 89.3 Å². The molecule has 0 aliphatic heterocycles. The molecule has 0 aliphatic rings. The quantitative estimate of drug-likeness (QED) is 0.0315. The van der Waals surface area contributed by atoms with E-state index in [0.717, 1.165) is 12.2 Å². The zero-order valence-corrected chi connectivity index (χ0v) is 34.7. The lowest BCUT2D eigenvalue weighted by Gasteiger charge is -2.17. The van der Waals surface area contributed by atoms with Crippen LogP contribution < -0.4 is 31.9 Å². The number of carboxylic acid groups (broad SMARTS) is 3. The molecule has 0 rings (SSSR count). The first kappa shape index (κ1) is 54.4. The predicted molar refractivity (Wildman–Crippen MR) is 211 cm³/mol. The molecular weight excluding hydrogens is 804 g/mol. The molecule has 0 aliphatic carbocycles. The molecule has 0 bridgehead atoms. The van der Waals surface area contributed by atoms with Gasteiger partial charge in [-0.15, -0.1) is 0 Å². The molecule has 9 N–H and O–H groups in total. The Bertz CT molecular complexity index is 1310. The minimum Gasteiger partial charge on any atom is -0.480 e. The van der Waals surface area contributed by atoms with E-state index in [0.29, 0.717) is 38.8 Å². The van der Waals surface area contributed by atoms with E-state index in [-0.39, 0.29) is 83.7 Å². The van der Waals surface area contributed by atoms with Crippen LogP contribution in [0.5, 0.6) is 0 Å². The Balaban J connectivity index is 4.21. The van der Waals surface area contributed by atoms with Gasteiger partial charge in [0, 0.05) is 45.3 Å². The van der Waals surface area contributed by atoms with Crippen LogP contribution in [-0.2, 0) is 62.1 Å². The largest absolute Gasteiger partial charge is 0.480 e. The summed E-state index contributed by atoms with van der Waals surface area (Å²) >= 11 is 1.66. The number of carbonyl (C=O) groups excluding carboxylic acids is 6. The highest BCUT2D eigenvalue weighted by Crippen LogP contribution is 2.04. The van der Waals surface area contributed by atoms with Crippen LogP contribution in [0.25, 0.3) is 0 Å². The lowest BCUT2D eigenvalue weighted by Crippen LogP contribution is -2.45. The summed E-state index contributed by atoms with van der Waals surface area (Å²) in [6.07, 6.45) is 3.44. The number of carbonyl (C=O) groups is 9. The second-order valence-electron chi connectivity index (χ2n) is 12.8. The second kappa shape index (κ2) is 35.4. The molecule has 3 atom stereocenters. The molecule has 338 valence electrons. The fraction of sp³-hybridized carbons (Fsp3) is 0.750. The number of nitrogens with one attached hydrogen (secondary N) is 6. The standard InChI is InChI=1S/C36H62N6O16S/c1-3-28(43)37-13-5-4-7-25(34(49)50)41-32(47)23-57-20-19-56-17-15-39-30(45)11-9-26(35(51)52)40-31(46)12-10-27(36(53)54)42-33(48)24-58-21-18-55-16-14-38-29(44)8-6-22-59-2/h25-27H,3-24H2,1-2H3,(H,37,43)(H,38,44)(H,39,45)(H,40,46)(H,41,47)(H,42,48)(H,49,50)(H,51,52)(H,53,54). The Morgan fingerprint density at radius 1 is 0.475 bits per heavy atom. The van der Waals surface area contributed by atoms with E-state index in [1.165, 1.54) is 0 Å². The number of aliphatic carboxylic acids is 3. The highest BCUT2D eigenvalue weighted by Gasteiger charge is 2.25. The van der Waals surface area contributed by atoms with Crippen LogP contribution in [-0.4, -0.2) is 171 Å². The van der Waals surface area contributed by atoms with Gasteiger partial charge in [-0.05, 0) is 50.5 Å². The van der Waals surface area contributed by atoms with E-state index >= 15 is 0 Å². The minimum atomic E-state index is -1.46. The van der Waals surface area contributed by atoms with Gasteiger partial charge in [-0.3, -0.25) is 28.8 Å². The maximum atomic E-state index is 12.4. The van der Waals surface area contributed by atoms with Crippen molar-refractivity contribution in [2.24, 2.45) is 0 Å². The molecule has 0 spiro atoms. The lowest BCUT2D eigenvalue weighted by molar-refractivity contribution is -0.144. The van der Waals surface area contributed by atoms with Gasteiger partial charge in [0.25, 0.3) is 0 Å². The number of hydrogen-bond donors (Lipinski definition) is 9. The van der Waals surface area contributed by atoms with Crippen molar-refractivity contribution in [3.63, 3.8) is 0 Å². The highest BCUT2D eigenvalue weighted by atomic mass is 32.2. The van der Waals surface area contributed by atoms with E-state index in [1.807, 2.05) is 6.26 Å². The van der Waals surface area contributed by atoms with Crippen molar-refractivity contribution in [1.82, 2.24) is 31.9 Å². The van der Waals surface area contributed by atoms with E-state index in [2.05, 4.69) is 31.9 Å². The molecule has 59 heavy (non-hydrogen) atoms. The van der Waals surface area contributed by atoms with Gasteiger partial charge in [0.1, 0.15) is 31.3 Å². The molecule has 0 radical (unpaired) electrons. The number of ether oxygens (including phenoxy) is 4. The SMILES string of the molecule is CCC(=O)NCCCCC(NC(=O)COCCOCCNC(=O)CCC(NC(=O)CCC(NC(=O)COCCOCCNC(=O)CCCSC)C(=O)O)C(=O)O)C(=O)O. The first-order chi connectivity index (χ1) is 28.2. The van der Waals surface area contributed by atoms with Crippen molar-refractivity contribution >= 4 is 65.1 Å². The number of amides is 6. The fourth-order valence-electron chi connectivity index (χ4n) is 4.74. The van der Waals surface area contributed by atoms with Crippen LogP contribution >= 0.6 is 11.8 Å². The topological polar surface area (TPSA) is 323 Å². The van der Waals surface area contributed by atoms with Gasteiger partial charge in [-0.1, -0.05) is 6.92 Å². The Hall–Kier alpha value is -4.58. The monoisotopic (exact) mass is 866 g/mol. The van der Waals surface area contributed by atoms with E-state index in [9.17, 15) is 58.5 Å². The molecule has 0 aromatic rings. The molecule has 22 nitrogen and oxygen atoms in total. The fourth-order valence-corrected chi connectivity index (χ4v) is 5.17. The number of thioether (sulfide) groups is 1. The minimum absolute atomic E-state index is 0.00366. The van der Waals surface area contributed by atoms with Crippen molar-refractivity contribution in [2.75, 3.05) is 84.5 Å². The van der Waals surface area contributed by atoms with Crippen LogP contribution in [0.1, 0.15) is 71.1 Å². The average molecular weight is 867 g/mol. The van der Waals surface area contributed by atoms with E-state index in [4.69, 9.17) is 18.9 Å². The molecule has 0 heterocycles. The molecular formula is C36H62N6O16S. The normalized spacial score (nSPS) is 12.3. The molecule has 0 aromatic heterocycles. The predicted octanol–water partition coefficient (Wildman–Crippen LogP) is -1.61. The summed E-state index contributed by atoms with van der Waals surface area (Å²) < 4.78 is 21.0. The Morgan fingerprint density at radius 2 is 0.898 bits per heavy atom. The molecule has 23 heteroatoms. The summed E-state index contributed by atoms with van der Waals surface area (Å²) in [4.78, 5) is 106. The van der Waals surface area contributed by atoms with Gasteiger partial charge in [0.15, 0.2) is 0 Å². The van der Waals surface area contributed by atoms with Crippen molar-refractivity contribution < 1.29 is 77.4 Å². The third-order valence-corrected chi connectivity index (χ3v) is 8.58. The Labute approximate surface area is 347 Å². The smallest absolute Gasteiger partial charge is 0.326 e. The molecule has 0 saturated heterocycles. The van der Waals surface area contributed by atoms with Crippen LogP contribution in [0.3, 0.4) is 0 Å². The summed E-state index contributed by atoms with van der Waals surface area (Å²) in [5, 5.41) is 43.1. The van der Waals surface area contributed by atoms with Crippen molar-refractivity contribution in [3.05, 3.63) is 0 Å². The summed E-state index contributed by atoms with van der Waals surface area (Å²) in [5.41, 5.74) is 0. The van der Waals surface area contributed by atoms with Gasteiger partial charge >= 0.3 is 17.9 Å². The van der Waals surface area contributed by atoms with Gasteiger partial charge in [0.05, 0.1) is 39.6 Å². The van der Waals surface area contributed by atoms with Gasteiger partial charge in [-0.2, -0.15) is 11.8 Å². The van der Waals surface area contributed by atoms with Crippen LogP contribution in [0.4, 0.5) is 0 Å². The van der Waals surface area contributed by atoms with Crippen LogP contribution in [0, 0.1) is 0 Å². The third-order valence-electron chi connectivity index (χ3n) is 7.88. The van der Waals surface area contributed by atoms with Gasteiger partial charge in [0.2, 0.25) is 35.4 Å². The number of carboxylic acids is 3. The number of unbranched alkanes of at least 4 members (excludes halogenated alkanes) is 1. The summed E-state index contributed by atoms with van der Waals surface area (Å²) in [7, 11) is 0. The lowest BCUT2D eigenvalue weighted by atomic mass is 10.1. The first-order valence-electron chi connectivity index (χ1n) is 19.4. The summed E-state index contributed by atoms with van der Waals surface area (Å²) in [6.45, 7) is 2.18. The number of hydrogen-bond acceptors (Lipinski definition) is 14. The van der Waals surface area contributed by atoms with Crippen molar-refractivity contribution in [1.29, 1.82) is 0 Å². The Morgan fingerprint density at radius 3 is 1.37 bits per heavy atom. The van der Waals surface area contributed by atoms with E-state index < -0.39 is 79.3 Å². The highest BCUT2D eigenvalue weighted by molar-refractivity contribution is 7.98. The number of rotatable bonds is 38. The molecule has 6 amide bonds. The summed E-state index contributed by atoms with van der Waals surface area (Å²) in [6, 6.07) is -4.00. The zero-order valence-electron chi connectivity index (χ0n) is 33.8. The maximum Gasteiger partial charge on any atom is 0.326 e. The molecule has 3 unspecified atom stereocenters. The van der Waals surface area contributed by atoms with Crippen LogP contribution in [0.2, 0.25) is 0 Å². The molecule has 0 saturated carbocycles. The van der Waals surface area contributed by atoms with Crippen LogP contribution in [0.15, 0.2) is 0 Å². The molecule has 0 fully saturated rings. The summed E-state index contributed by atoms with van der Waals surface area (Å²) in [5.74, 6) is -5.98. The van der Waals surface area contributed by atoms with Crippen molar-refractivity contribution in [3.8, 4) is 0 Å². The van der Waals surface area contributed by atoms with Gasteiger partial charge < -0.3 is 66.2 Å². The average Bonchev–Trinajstić information content (AvgIpc) is 3.18. The zero-order chi connectivity index (χ0) is 44.3.